The van der Waals surface area contributed by atoms with Crippen molar-refractivity contribution in [2.75, 3.05) is 18.0 Å². The predicted molar refractivity (Wildman–Crippen MR) is 139 cm³/mol. The number of benzene rings is 2. The van der Waals surface area contributed by atoms with Gasteiger partial charge in [0, 0.05) is 19.6 Å². The van der Waals surface area contributed by atoms with Crippen molar-refractivity contribution in [3.63, 3.8) is 0 Å². The molecule has 176 valence electrons. The molecule has 6 nitrogen and oxygen atoms in total. The highest BCUT2D eigenvalue weighted by Crippen LogP contribution is 2.34. The molecule has 1 aliphatic heterocycles. The van der Waals surface area contributed by atoms with Crippen LogP contribution in [0.3, 0.4) is 0 Å². The number of hydrogen-bond donors (Lipinski definition) is 1. The topological polar surface area (TPSA) is 63.1 Å². The van der Waals surface area contributed by atoms with Crippen LogP contribution in [0.2, 0.25) is 0 Å². The van der Waals surface area contributed by atoms with Crippen LogP contribution in [0, 0.1) is 19.8 Å². The van der Waals surface area contributed by atoms with E-state index in [4.69, 9.17) is 10.1 Å². The highest BCUT2D eigenvalue weighted by atomic mass is 32.1. The zero-order chi connectivity index (χ0) is 23.7. The summed E-state index contributed by atoms with van der Waals surface area (Å²) in [7, 11) is 0. The lowest BCUT2D eigenvalue weighted by Crippen LogP contribution is -2.43. The Hall–Kier alpha value is -3.19. The lowest BCUT2D eigenvalue weighted by atomic mass is 9.97. The summed E-state index contributed by atoms with van der Waals surface area (Å²) in [6, 6.07) is 16.8. The van der Waals surface area contributed by atoms with E-state index in [1.54, 1.807) is 11.3 Å². The van der Waals surface area contributed by atoms with E-state index in [-0.39, 0.29) is 11.8 Å². The van der Waals surface area contributed by atoms with Gasteiger partial charge in [-0.2, -0.15) is 10.1 Å². The fraction of sp³-hybridized carbons (Fsp3) is 0.370. The Labute approximate surface area is 204 Å². The molecule has 2 aromatic carbocycles. The molecule has 34 heavy (non-hydrogen) atoms. The first-order valence-electron chi connectivity index (χ1n) is 12.1. The Balaban J connectivity index is 1.29. The summed E-state index contributed by atoms with van der Waals surface area (Å²) in [5.74, 6) is 0.109. The van der Waals surface area contributed by atoms with Gasteiger partial charge in [-0.15, -0.1) is 0 Å². The van der Waals surface area contributed by atoms with Crippen molar-refractivity contribution in [3.05, 3.63) is 70.9 Å². The SMILES string of the molecule is CCc1ccc(CNC(=O)[C@H]2CCCN(c3nc4c(s3)c(C)nn4-c3ccc(C)cc3)C2)cc1. The molecule has 1 amide bonds. The molecule has 1 N–H and O–H groups in total. The van der Waals surface area contributed by atoms with Crippen LogP contribution in [0.25, 0.3) is 16.0 Å². The normalized spacial score (nSPS) is 16.2. The molecule has 2 aromatic heterocycles. The number of fused-ring (bicyclic) bond motifs is 1. The van der Waals surface area contributed by atoms with Gasteiger partial charge in [0.15, 0.2) is 10.8 Å². The summed E-state index contributed by atoms with van der Waals surface area (Å²) < 4.78 is 3.04. The van der Waals surface area contributed by atoms with Crippen molar-refractivity contribution >= 4 is 32.7 Å². The largest absolute Gasteiger partial charge is 0.352 e. The number of rotatable bonds is 6. The molecular formula is C27H31N5OS. The Morgan fingerprint density at radius 2 is 1.82 bits per heavy atom. The summed E-state index contributed by atoms with van der Waals surface area (Å²) >= 11 is 1.68. The quantitative estimate of drug-likeness (QED) is 0.418. The predicted octanol–water partition coefficient (Wildman–Crippen LogP) is 5.19. The van der Waals surface area contributed by atoms with Crippen LogP contribution < -0.4 is 10.2 Å². The van der Waals surface area contributed by atoms with E-state index >= 15 is 0 Å². The van der Waals surface area contributed by atoms with Gasteiger partial charge in [-0.3, -0.25) is 4.79 Å². The first-order chi connectivity index (χ1) is 16.5. The molecule has 0 unspecified atom stereocenters. The van der Waals surface area contributed by atoms with E-state index < -0.39 is 0 Å². The van der Waals surface area contributed by atoms with Crippen LogP contribution >= 0.6 is 11.3 Å². The summed E-state index contributed by atoms with van der Waals surface area (Å²) in [6.07, 6.45) is 2.93. The number of piperidine rings is 1. The van der Waals surface area contributed by atoms with Gasteiger partial charge >= 0.3 is 0 Å². The third-order valence-electron chi connectivity index (χ3n) is 6.62. The van der Waals surface area contributed by atoms with Gasteiger partial charge < -0.3 is 10.2 Å². The Bertz CT molecular complexity index is 1290. The number of nitrogens with one attached hydrogen (secondary N) is 1. The molecule has 0 saturated carbocycles. The van der Waals surface area contributed by atoms with Crippen molar-refractivity contribution in [1.82, 2.24) is 20.1 Å². The first-order valence-corrected chi connectivity index (χ1v) is 12.9. The lowest BCUT2D eigenvalue weighted by molar-refractivity contribution is -0.125. The van der Waals surface area contributed by atoms with E-state index in [0.29, 0.717) is 13.1 Å². The monoisotopic (exact) mass is 473 g/mol. The first kappa shape index (κ1) is 22.6. The summed E-state index contributed by atoms with van der Waals surface area (Å²) in [6.45, 7) is 8.47. The molecule has 0 spiro atoms. The summed E-state index contributed by atoms with van der Waals surface area (Å²) in [5, 5.41) is 8.85. The molecule has 0 aliphatic carbocycles. The molecule has 7 heteroatoms. The maximum Gasteiger partial charge on any atom is 0.225 e. The lowest BCUT2D eigenvalue weighted by Gasteiger charge is -2.31. The summed E-state index contributed by atoms with van der Waals surface area (Å²) in [5.41, 5.74) is 6.57. The number of hydrogen-bond acceptors (Lipinski definition) is 5. The van der Waals surface area contributed by atoms with Crippen molar-refractivity contribution < 1.29 is 4.79 Å². The molecule has 0 bridgehead atoms. The number of carbonyl (C=O) groups is 1. The molecule has 1 aliphatic rings. The number of aryl methyl sites for hydroxylation is 3. The molecule has 1 saturated heterocycles. The Kier molecular flexibility index (Phi) is 6.37. The number of nitrogens with zero attached hydrogens (tertiary/aromatic N) is 4. The minimum Gasteiger partial charge on any atom is -0.352 e. The third kappa shape index (κ3) is 4.57. The van der Waals surface area contributed by atoms with Crippen LogP contribution in [0.4, 0.5) is 5.13 Å². The number of amides is 1. The molecule has 3 heterocycles. The smallest absolute Gasteiger partial charge is 0.225 e. The summed E-state index contributed by atoms with van der Waals surface area (Å²) in [4.78, 5) is 20.2. The number of anilines is 1. The highest BCUT2D eigenvalue weighted by Gasteiger charge is 2.28. The van der Waals surface area contributed by atoms with Crippen LogP contribution in [0.1, 0.15) is 42.1 Å². The van der Waals surface area contributed by atoms with E-state index in [1.807, 2.05) is 11.6 Å². The fourth-order valence-electron chi connectivity index (χ4n) is 4.52. The molecule has 1 fully saturated rings. The van der Waals surface area contributed by atoms with Gasteiger partial charge in [-0.1, -0.05) is 60.2 Å². The minimum atomic E-state index is -0.0228. The van der Waals surface area contributed by atoms with Crippen LogP contribution in [-0.4, -0.2) is 33.8 Å². The van der Waals surface area contributed by atoms with Gasteiger partial charge in [-0.05, 0) is 56.4 Å². The highest BCUT2D eigenvalue weighted by molar-refractivity contribution is 7.22. The number of thiazole rings is 1. The molecule has 0 radical (unpaired) electrons. The van der Waals surface area contributed by atoms with Crippen molar-refractivity contribution in [2.24, 2.45) is 5.92 Å². The number of carbonyl (C=O) groups excluding carboxylic acids is 1. The van der Waals surface area contributed by atoms with Crippen molar-refractivity contribution in [3.8, 4) is 5.69 Å². The number of aromatic nitrogens is 3. The second-order valence-electron chi connectivity index (χ2n) is 9.15. The van der Waals surface area contributed by atoms with E-state index in [9.17, 15) is 4.79 Å². The van der Waals surface area contributed by atoms with E-state index in [2.05, 4.69) is 72.6 Å². The van der Waals surface area contributed by atoms with Crippen molar-refractivity contribution in [2.45, 2.75) is 46.6 Å². The van der Waals surface area contributed by atoms with Crippen LogP contribution in [0.15, 0.2) is 48.5 Å². The maximum absolute atomic E-state index is 12.9. The van der Waals surface area contributed by atoms with Gasteiger partial charge in [0.1, 0.15) is 0 Å². The zero-order valence-corrected chi connectivity index (χ0v) is 20.9. The maximum atomic E-state index is 12.9. The standard InChI is InChI=1S/C27H31N5OS/c1-4-20-9-11-21(12-10-20)16-28-26(33)22-6-5-15-31(17-22)27-29-25-24(34-27)19(3)30-32(25)23-13-7-18(2)8-14-23/h7-14,22H,4-6,15-17H2,1-3H3,(H,28,33)/t22-/m0/s1. The zero-order valence-electron chi connectivity index (χ0n) is 20.0. The molecular weight excluding hydrogens is 442 g/mol. The Morgan fingerprint density at radius 3 is 2.56 bits per heavy atom. The van der Waals surface area contributed by atoms with Gasteiger partial charge in [-0.25, -0.2) is 4.68 Å². The average Bonchev–Trinajstić information content (AvgIpc) is 3.44. The van der Waals surface area contributed by atoms with E-state index in [0.717, 1.165) is 58.2 Å². The molecule has 1 atom stereocenters. The average molecular weight is 474 g/mol. The minimum absolute atomic E-state index is 0.0228. The van der Waals surface area contributed by atoms with E-state index in [1.165, 1.54) is 11.1 Å². The van der Waals surface area contributed by atoms with Crippen LogP contribution in [-0.2, 0) is 17.8 Å². The second kappa shape index (κ2) is 9.58. The third-order valence-corrected chi connectivity index (χ3v) is 7.83. The van der Waals surface area contributed by atoms with Gasteiger partial charge in [0.25, 0.3) is 0 Å². The van der Waals surface area contributed by atoms with Gasteiger partial charge in [0.05, 0.1) is 22.0 Å². The fourth-order valence-corrected chi connectivity index (χ4v) is 5.54. The van der Waals surface area contributed by atoms with Crippen LogP contribution in [0.5, 0.6) is 0 Å². The van der Waals surface area contributed by atoms with Crippen molar-refractivity contribution in [1.29, 1.82) is 0 Å². The van der Waals surface area contributed by atoms with Gasteiger partial charge in [0.2, 0.25) is 5.91 Å². The molecule has 4 aromatic rings. The molecule has 5 rings (SSSR count). The second-order valence-corrected chi connectivity index (χ2v) is 10.1. The Morgan fingerprint density at radius 1 is 1.09 bits per heavy atom.